The van der Waals surface area contributed by atoms with Crippen LogP contribution in [0.2, 0.25) is 0 Å². The summed E-state index contributed by atoms with van der Waals surface area (Å²) in [5.41, 5.74) is 0.619. The standard InChI is InChI=1S/C17H22N2O3/c20-16(18-10-12-2-1-3-12)11-22-15-8-4-13(5-9-15)17(21)19-14-6-7-14/h4-5,8-9,12,14H,1-3,6-7,10-11H2,(H,18,20)(H,19,21). The maximum absolute atomic E-state index is 11.8. The van der Waals surface area contributed by atoms with Gasteiger partial charge in [0.15, 0.2) is 6.61 Å². The van der Waals surface area contributed by atoms with Gasteiger partial charge in [-0.2, -0.15) is 0 Å². The van der Waals surface area contributed by atoms with Gasteiger partial charge in [-0.25, -0.2) is 0 Å². The van der Waals surface area contributed by atoms with Gasteiger partial charge >= 0.3 is 0 Å². The number of nitrogens with one attached hydrogen (secondary N) is 2. The van der Waals surface area contributed by atoms with Gasteiger partial charge in [-0.1, -0.05) is 6.42 Å². The average molecular weight is 302 g/mol. The molecule has 2 saturated carbocycles. The van der Waals surface area contributed by atoms with E-state index in [2.05, 4.69) is 10.6 Å². The largest absolute Gasteiger partial charge is 0.484 e. The summed E-state index contributed by atoms with van der Waals surface area (Å²) in [6.07, 6.45) is 5.85. The van der Waals surface area contributed by atoms with E-state index in [-0.39, 0.29) is 18.4 Å². The molecule has 1 aromatic carbocycles. The van der Waals surface area contributed by atoms with Crippen LogP contribution in [-0.4, -0.2) is 31.0 Å². The molecule has 5 nitrogen and oxygen atoms in total. The van der Waals surface area contributed by atoms with Crippen LogP contribution in [-0.2, 0) is 4.79 Å². The molecule has 0 saturated heterocycles. The van der Waals surface area contributed by atoms with Gasteiger partial charge in [0, 0.05) is 18.2 Å². The monoisotopic (exact) mass is 302 g/mol. The van der Waals surface area contributed by atoms with E-state index in [1.165, 1.54) is 19.3 Å². The lowest BCUT2D eigenvalue weighted by atomic mass is 9.85. The predicted molar refractivity (Wildman–Crippen MR) is 82.8 cm³/mol. The maximum Gasteiger partial charge on any atom is 0.257 e. The zero-order valence-electron chi connectivity index (χ0n) is 12.6. The molecule has 0 atom stereocenters. The fraction of sp³-hybridized carbons (Fsp3) is 0.529. The summed E-state index contributed by atoms with van der Waals surface area (Å²) < 4.78 is 5.44. The summed E-state index contributed by atoms with van der Waals surface area (Å²) >= 11 is 0. The van der Waals surface area contributed by atoms with Crippen LogP contribution in [0, 0.1) is 5.92 Å². The van der Waals surface area contributed by atoms with Crippen molar-refractivity contribution in [2.75, 3.05) is 13.2 Å². The lowest BCUT2D eigenvalue weighted by Crippen LogP contribution is -2.35. The molecule has 0 bridgehead atoms. The highest BCUT2D eigenvalue weighted by molar-refractivity contribution is 5.94. The molecule has 3 rings (SSSR count). The van der Waals surface area contributed by atoms with Gasteiger partial charge in [0.25, 0.3) is 11.8 Å². The van der Waals surface area contributed by atoms with Crippen molar-refractivity contribution in [2.45, 2.75) is 38.1 Å². The van der Waals surface area contributed by atoms with Crippen LogP contribution in [0.15, 0.2) is 24.3 Å². The van der Waals surface area contributed by atoms with Gasteiger partial charge in [-0.05, 0) is 55.9 Å². The van der Waals surface area contributed by atoms with Gasteiger partial charge in [0.1, 0.15) is 5.75 Å². The van der Waals surface area contributed by atoms with E-state index in [0.29, 0.717) is 23.3 Å². The third kappa shape index (κ3) is 4.23. The Kier molecular flexibility index (Phi) is 4.61. The number of rotatable bonds is 7. The first-order valence-electron chi connectivity index (χ1n) is 8.01. The van der Waals surface area contributed by atoms with Gasteiger partial charge in [0.2, 0.25) is 0 Å². The molecule has 2 amide bonds. The Hall–Kier alpha value is -2.04. The molecule has 0 spiro atoms. The Morgan fingerprint density at radius 1 is 1.09 bits per heavy atom. The molecule has 2 fully saturated rings. The van der Waals surface area contributed by atoms with Gasteiger partial charge in [0.05, 0.1) is 0 Å². The predicted octanol–water partition coefficient (Wildman–Crippen LogP) is 1.87. The molecule has 1 aromatic rings. The first-order valence-corrected chi connectivity index (χ1v) is 8.01. The fourth-order valence-electron chi connectivity index (χ4n) is 2.35. The van der Waals surface area contributed by atoms with Crippen LogP contribution in [0.25, 0.3) is 0 Å². The van der Waals surface area contributed by atoms with Crippen molar-refractivity contribution in [1.29, 1.82) is 0 Å². The third-order valence-corrected chi connectivity index (χ3v) is 4.21. The van der Waals surface area contributed by atoms with Crippen molar-refractivity contribution in [1.82, 2.24) is 10.6 Å². The van der Waals surface area contributed by atoms with Crippen LogP contribution < -0.4 is 15.4 Å². The van der Waals surface area contributed by atoms with E-state index in [1.54, 1.807) is 24.3 Å². The van der Waals surface area contributed by atoms with Crippen molar-refractivity contribution in [3.05, 3.63) is 29.8 Å². The van der Waals surface area contributed by atoms with E-state index in [4.69, 9.17) is 4.74 Å². The molecule has 2 aliphatic rings. The first kappa shape index (κ1) is 14.9. The highest BCUT2D eigenvalue weighted by Crippen LogP contribution is 2.25. The number of hydrogen-bond acceptors (Lipinski definition) is 3. The highest BCUT2D eigenvalue weighted by Gasteiger charge is 2.23. The zero-order valence-corrected chi connectivity index (χ0v) is 12.6. The topological polar surface area (TPSA) is 67.4 Å². The van der Waals surface area contributed by atoms with Crippen molar-refractivity contribution in [3.8, 4) is 5.75 Å². The number of ether oxygens (including phenoxy) is 1. The number of benzene rings is 1. The molecule has 22 heavy (non-hydrogen) atoms. The van der Waals surface area contributed by atoms with Crippen molar-refractivity contribution in [2.24, 2.45) is 5.92 Å². The zero-order chi connectivity index (χ0) is 15.4. The Morgan fingerprint density at radius 3 is 2.41 bits per heavy atom. The molecule has 2 N–H and O–H groups in total. The second kappa shape index (κ2) is 6.81. The SMILES string of the molecule is O=C(COc1ccc(C(=O)NC2CC2)cc1)NCC1CCC1. The summed E-state index contributed by atoms with van der Waals surface area (Å²) in [7, 11) is 0. The Balaban J connectivity index is 1.40. The van der Waals surface area contributed by atoms with Gasteiger partial charge in [-0.15, -0.1) is 0 Å². The van der Waals surface area contributed by atoms with E-state index >= 15 is 0 Å². The number of carbonyl (C=O) groups is 2. The molecule has 118 valence electrons. The van der Waals surface area contributed by atoms with Crippen LogP contribution in [0.1, 0.15) is 42.5 Å². The third-order valence-electron chi connectivity index (χ3n) is 4.21. The normalized spacial score (nSPS) is 17.5. The molecule has 2 aliphatic carbocycles. The highest BCUT2D eigenvalue weighted by atomic mass is 16.5. The molecular formula is C17H22N2O3. The Labute approximate surface area is 130 Å². The van der Waals surface area contributed by atoms with E-state index in [9.17, 15) is 9.59 Å². The second-order valence-electron chi connectivity index (χ2n) is 6.16. The van der Waals surface area contributed by atoms with E-state index in [0.717, 1.165) is 19.4 Å². The number of carbonyl (C=O) groups excluding carboxylic acids is 2. The Morgan fingerprint density at radius 2 is 1.82 bits per heavy atom. The summed E-state index contributed by atoms with van der Waals surface area (Å²) in [4.78, 5) is 23.5. The summed E-state index contributed by atoms with van der Waals surface area (Å²) in [6.45, 7) is 0.767. The minimum absolute atomic E-state index is 0.0142. The smallest absolute Gasteiger partial charge is 0.257 e. The number of hydrogen-bond donors (Lipinski definition) is 2. The van der Waals surface area contributed by atoms with Crippen molar-refractivity contribution >= 4 is 11.8 Å². The number of amides is 2. The minimum Gasteiger partial charge on any atom is -0.484 e. The summed E-state index contributed by atoms with van der Waals surface area (Å²) in [5.74, 6) is 1.10. The summed E-state index contributed by atoms with van der Waals surface area (Å²) in [5, 5.41) is 5.82. The molecule has 0 unspecified atom stereocenters. The quantitative estimate of drug-likeness (QED) is 0.808. The maximum atomic E-state index is 11.8. The van der Waals surface area contributed by atoms with Crippen LogP contribution >= 0.6 is 0 Å². The van der Waals surface area contributed by atoms with Crippen LogP contribution in [0.4, 0.5) is 0 Å². The Bertz CT molecular complexity index is 533. The van der Waals surface area contributed by atoms with Gasteiger partial charge < -0.3 is 15.4 Å². The molecule has 0 aromatic heterocycles. The van der Waals surface area contributed by atoms with Crippen molar-refractivity contribution in [3.63, 3.8) is 0 Å². The molecule has 0 aliphatic heterocycles. The van der Waals surface area contributed by atoms with Crippen LogP contribution in [0.3, 0.4) is 0 Å². The van der Waals surface area contributed by atoms with Crippen molar-refractivity contribution < 1.29 is 14.3 Å². The second-order valence-corrected chi connectivity index (χ2v) is 6.16. The van der Waals surface area contributed by atoms with Gasteiger partial charge in [-0.3, -0.25) is 9.59 Å². The van der Waals surface area contributed by atoms with E-state index < -0.39 is 0 Å². The molecule has 0 radical (unpaired) electrons. The lowest BCUT2D eigenvalue weighted by Gasteiger charge is -2.25. The molecular weight excluding hydrogens is 280 g/mol. The van der Waals surface area contributed by atoms with E-state index in [1.807, 2.05) is 0 Å². The fourth-order valence-corrected chi connectivity index (χ4v) is 2.35. The first-order chi connectivity index (χ1) is 10.7. The van der Waals surface area contributed by atoms with Crippen LogP contribution in [0.5, 0.6) is 5.75 Å². The average Bonchev–Trinajstić information content (AvgIpc) is 3.28. The molecule has 5 heteroatoms. The molecule has 0 heterocycles. The lowest BCUT2D eigenvalue weighted by molar-refractivity contribution is -0.123. The minimum atomic E-state index is -0.0950. The summed E-state index contributed by atoms with van der Waals surface area (Å²) in [6, 6.07) is 7.24.